The van der Waals surface area contributed by atoms with E-state index >= 15 is 0 Å². The number of aliphatic hydroxyl groups excluding tert-OH is 1. The Morgan fingerprint density at radius 2 is 1.77 bits per heavy atom. The molecule has 4 aliphatic carbocycles. The van der Waals surface area contributed by atoms with Gasteiger partial charge in [0.25, 0.3) is 0 Å². The molecule has 4 saturated carbocycles. The van der Waals surface area contributed by atoms with Gasteiger partial charge >= 0.3 is 5.97 Å². The van der Waals surface area contributed by atoms with Gasteiger partial charge in [-0.2, -0.15) is 0 Å². The molecule has 0 radical (unpaired) electrons. The minimum atomic E-state index is -0.225. The highest BCUT2D eigenvalue weighted by Gasteiger charge is 2.68. The summed E-state index contributed by atoms with van der Waals surface area (Å²) in [7, 11) is 1.47. The number of fused-ring (bicyclic) bond motifs is 5. The first-order valence-corrected chi connectivity index (χ1v) is 12.4. The summed E-state index contributed by atoms with van der Waals surface area (Å²) < 4.78 is 4.86. The molecule has 0 aliphatic heterocycles. The van der Waals surface area contributed by atoms with Crippen LogP contribution in [-0.4, -0.2) is 30.1 Å². The van der Waals surface area contributed by atoms with Crippen LogP contribution in [0, 0.1) is 45.8 Å². The fourth-order valence-corrected chi connectivity index (χ4v) is 9.21. The number of hydrogen-bond donors (Lipinski definition) is 1. The summed E-state index contributed by atoms with van der Waals surface area (Å²) in [4.78, 5) is 25.4. The summed E-state index contributed by atoms with van der Waals surface area (Å²) in [6.07, 6.45) is 9.24. The van der Waals surface area contributed by atoms with E-state index in [-0.39, 0.29) is 28.3 Å². The first kappa shape index (κ1) is 22.3. The number of methoxy groups -OCH3 is 1. The van der Waals surface area contributed by atoms with E-state index in [0.717, 1.165) is 38.5 Å². The number of rotatable bonds is 4. The van der Waals surface area contributed by atoms with E-state index in [2.05, 4.69) is 27.7 Å². The molecule has 0 amide bonds. The molecule has 2 unspecified atom stereocenters. The van der Waals surface area contributed by atoms with Gasteiger partial charge in [0, 0.05) is 18.3 Å². The van der Waals surface area contributed by atoms with Gasteiger partial charge in [-0.05, 0) is 91.8 Å². The Hall–Kier alpha value is -0.900. The van der Waals surface area contributed by atoms with E-state index < -0.39 is 0 Å². The van der Waals surface area contributed by atoms with Gasteiger partial charge in [-0.25, -0.2) is 0 Å². The second kappa shape index (κ2) is 7.60. The van der Waals surface area contributed by atoms with Gasteiger partial charge in [0.2, 0.25) is 0 Å². The zero-order chi connectivity index (χ0) is 21.9. The van der Waals surface area contributed by atoms with Crippen LogP contribution in [0.1, 0.15) is 91.9 Å². The molecule has 4 rings (SSSR count). The van der Waals surface area contributed by atoms with Crippen LogP contribution in [0.5, 0.6) is 0 Å². The molecule has 4 nitrogen and oxygen atoms in total. The van der Waals surface area contributed by atoms with Crippen molar-refractivity contribution >= 4 is 11.8 Å². The van der Waals surface area contributed by atoms with Crippen molar-refractivity contribution in [2.24, 2.45) is 45.8 Å². The summed E-state index contributed by atoms with van der Waals surface area (Å²) in [5.41, 5.74) is 0.156. The molecule has 9 atom stereocenters. The SMILES string of the molecule is COC(=O)CC[C@@H](C)[C@H]1CCC2[C@]3(C)C(=O)C[C@@H]4C[C@H](O)CC[C@]4(C)C3CC[C@@]21C. The highest BCUT2D eigenvalue weighted by atomic mass is 16.5. The molecule has 4 fully saturated rings. The molecule has 0 aromatic heterocycles. The van der Waals surface area contributed by atoms with Gasteiger partial charge in [-0.3, -0.25) is 9.59 Å². The third-order valence-electron chi connectivity index (χ3n) is 10.9. The van der Waals surface area contributed by atoms with E-state index in [9.17, 15) is 14.7 Å². The largest absolute Gasteiger partial charge is 0.469 e. The van der Waals surface area contributed by atoms with Crippen molar-refractivity contribution in [2.45, 2.75) is 98.0 Å². The van der Waals surface area contributed by atoms with Crippen molar-refractivity contribution in [3.05, 3.63) is 0 Å². The summed E-state index contributed by atoms with van der Waals surface area (Å²) >= 11 is 0. The molecule has 0 bridgehead atoms. The van der Waals surface area contributed by atoms with Crippen LogP contribution in [0.15, 0.2) is 0 Å². The minimum absolute atomic E-state index is 0.113. The highest BCUT2D eigenvalue weighted by Crippen LogP contribution is 2.72. The molecule has 170 valence electrons. The first-order valence-electron chi connectivity index (χ1n) is 12.4. The average molecular weight is 419 g/mol. The topological polar surface area (TPSA) is 63.6 Å². The zero-order valence-corrected chi connectivity index (χ0v) is 19.7. The van der Waals surface area contributed by atoms with E-state index in [4.69, 9.17) is 4.74 Å². The number of carbonyl (C=O) groups excluding carboxylic acids is 2. The van der Waals surface area contributed by atoms with Crippen molar-refractivity contribution in [2.75, 3.05) is 7.11 Å². The van der Waals surface area contributed by atoms with Crippen LogP contribution >= 0.6 is 0 Å². The predicted molar refractivity (Wildman–Crippen MR) is 117 cm³/mol. The molecule has 4 heteroatoms. The molecule has 4 aliphatic rings. The number of carbonyl (C=O) groups is 2. The second-order valence-corrected chi connectivity index (χ2v) is 12.0. The van der Waals surface area contributed by atoms with Crippen LogP contribution < -0.4 is 0 Å². The molecule has 0 heterocycles. The monoisotopic (exact) mass is 418 g/mol. The maximum absolute atomic E-state index is 13.7. The summed E-state index contributed by atoms with van der Waals surface area (Å²) in [6, 6.07) is 0. The molecule has 0 aromatic carbocycles. The molecule has 0 saturated heterocycles. The molecular formula is C26H42O4. The van der Waals surface area contributed by atoms with Gasteiger partial charge in [0.15, 0.2) is 0 Å². The van der Waals surface area contributed by atoms with E-state index in [1.165, 1.54) is 20.0 Å². The third kappa shape index (κ3) is 3.11. The Bertz CT molecular complexity index is 703. The molecule has 0 spiro atoms. The van der Waals surface area contributed by atoms with Crippen molar-refractivity contribution in [3.8, 4) is 0 Å². The first-order chi connectivity index (χ1) is 14.1. The van der Waals surface area contributed by atoms with Crippen LogP contribution in [0.3, 0.4) is 0 Å². The van der Waals surface area contributed by atoms with Crippen molar-refractivity contribution in [3.63, 3.8) is 0 Å². The number of hydrogen-bond acceptors (Lipinski definition) is 4. The standard InChI is InChI=1S/C26H42O4/c1-16(6-9-23(29)30-5)19-7-8-20-25(19,3)13-11-21-24(2)12-10-18(27)14-17(24)15-22(28)26(20,21)4/h16-21,27H,6-15H2,1-5H3/t16-,17+,18-,19-,20?,21?,24+,25-,26+/m1/s1. The van der Waals surface area contributed by atoms with Crippen molar-refractivity contribution in [1.82, 2.24) is 0 Å². The summed E-state index contributed by atoms with van der Waals surface area (Å²) in [5, 5.41) is 10.3. The Morgan fingerprint density at radius 1 is 1.10 bits per heavy atom. The lowest BCUT2D eigenvalue weighted by Gasteiger charge is -2.65. The molecule has 30 heavy (non-hydrogen) atoms. The zero-order valence-electron chi connectivity index (χ0n) is 19.7. The van der Waals surface area contributed by atoms with Gasteiger partial charge in [-0.15, -0.1) is 0 Å². The van der Waals surface area contributed by atoms with Crippen molar-refractivity contribution in [1.29, 1.82) is 0 Å². The fraction of sp³-hybridized carbons (Fsp3) is 0.923. The smallest absolute Gasteiger partial charge is 0.305 e. The van der Waals surface area contributed by atoms with Gasteiger partial charge < -0.3 is 9.84 Å². The second-order valence-electron chi connectivity index (χ2n) is 12.0. The molecule has 1 N–H and O–H groups in total. The van der Waals surface area contributed by atoms with Gasteiger partial charge in [-0.1, -0.05) is 27.7 Å². The number of Topliss-reactive ketones (excluding diaryl/α,β-unsaturated/α-hetero) is 1. The lowest BCUT2D eigenvalue weighted by Crippen LogP contribution is -2.62. The molecular weight excluding hydrogens is 376 g/mol. The van der Waals surface area contributed by atoms with Gasteiger partial charge in [0.1, 0.15) is 5.78 Å². The summed E-state index contributed by atoms with van der Waals surface area (Å²) in [5.74, 6) is 2.67. The summed E-state index contributed by atoms with van der Waals surface area (Å²) in [6.45, 7) is 9.51. The average Bonchev–Trinajstić information content (AvgIpc) is 3.06. The Morgan fingerprint density at radius 3 is 2.47 bits per heavy atom. The third-order valence-corrected chi connectivity index (χ3v) is 10.9. The number of aliphatic hydroxyl groups is 1. The maximum atomic E-state index is 13.7. The van der Waals surface area contributed by atoms with Crippen LogP contribution in [-0.2, 0) is 14.3 Å². The number of esters is 1. The molecule has 0 aromatic rings. The van der Waals surface area contributed by atoms with Crippen LogP contribution in [0.25, 0.3) is 0 Å². The Balaban J connectivity index is 1.59. The van der Waals surface area contributed by atoms with E-state index in [1.807, 2.05) is 0 Å². The Kier molecular flexibility index (Phi) is 5.65. The number of ketones is 1. The van der Waals surface area contributed by atoms with Crippen molar-refractivity contribution < 1.29 is 19.4 Å². The predicted octanol–water partition coefficient (Wildman–Crippen LogP) is 5.16. The normalized spacial score (nSPS) is 49.0. The van der Waals surface area contributed by atoms with Crippen LogP contribution in [0.4, 0.5) is 0 Å². The fourth-order valence-electron chi connectivity index (χ4n) is 9.21. The lowest BCUT2D eigenvalue weighted by molar-refractivity contribution is -0.185. The lowest BCUT2D eigenvalue weighted by atomic mass is 9.39. The highest BCUT2D eigenvalue weighted by molar-refractivity contribution is 5.87. The van der Waals surface area contributed by atoms with Crippen LogP contribution in [0.2, 0.25) is 0 Å². The van der Waals surface area contributed by atoms with Gasteiger partial charge in [0.05, 0.1) is 13.2 Å². The quantitative estimate of drug-likeness (QED) is 0.640. The maximum Gasteiger partial charge on any atom is 0.305 e. The van der Waals surface area contributed by atoms with E-state index in [0.29, 0.717) is 48.2 Å². The Labute approximate surface area is 182 Å². The number of ether oxygens (including phenoxy) is 1. The van der Waals surface area contributed by atoms with E-state index in [1.54, 1.807) is 0 Å². The minimum Gasteiger partial charge on any atom is -0.469 e.